The lowest BCUT2D eigenvalue weighted by Crippen LogP contribution is -2.19. The highest BCUT2D eigenvalue weighted by Crippen LogP contribution is 2.16. The van der Waals surface area contributed by atoms with Crippen LogP contribution in [0, 0.1) is 0 Å². The summed E-state index contributed by atoms with van der Waals surface area (Å²) in [6.45, 7) is 3.07. The molecule has 0 atom stereocenters. The van der Waals surface area contributed by atoms with Crippen molar-refractivity contribution in [3.63, 3.8) is 0 Å². The molecule has 0 spiro atoms. The molecule has 1 heterocycles. The second kappa shape index (κ2) is 5.68. The fourth-order valence-corrected chi connectivity index (χ4v) is 1.92. The van der Waals surface area contributed by atoms with Gasteiger partial charge in [-0.1, -0.05) is 12.1 Å². The average molecular weight is 217 g/mol. The van der Waals surface area contributed by atoms with Crippen LogP contribution in [0.2, 0.25) is 0 Å². The van der Waals surface area contributed by atoms with Crippen LogP contribution in [0.3, 0.4) is 0 Å². The Kier molecular flexibility index (Phi) is 3.97. The third kappa shape index (κ3) is 2.62. The van der Waals surface area contributed by atoms with Gasteiger partial charge in [0.15, 0.2) is 0 Å². The molecule has 3 nitrogen and oxygen atoms in total. The predicted molar refractivity (Wildman–Crippen MR) is 68.5 cm³/mol. The van der Waals surface area contributed by atoms with Crippen molar-refractivity contribution in [1.82, 2.24) is 15.6 Å². The van der Waals surface area contributed by atoms with Crippen LogP contribution in [-0.2, 0) is 6.54 Å². The summed E-state index contributed by atoms with van der Waals surface area (Å²) in [5.41, 5.74) is 2.58. The fourth-order valence-electron chi connectivity index (χ4n) is 1.92. The van der Waals surface area contributed by atoms with Gasteiger partial charge in [0.05, 0.1) is 0 Å². The summed E-state index contributed by atoms with van der Waals surface area (Å²) in [5, 5.41) is 7.93. The van der Waals surface area contributed by atoms with Crippen molar-refractivity contribution in [2.24, 2.45) is 0 Å². The molecule has 0 saturated carbocycles. The van der Waals surface area contributed by atoms with Crippen molar-refractivity contribution >= 4 is 10.9 Å². The first kappa shape index (κ1) is 11.2. The van der Waals surface area contributed by atoms with E-state index in [1.807, 2.05) is 13.2 Å². The molecular formula is C13H19N3. The monoisotopic (exact) mass is 217 g/mol. The molecule has 0 aliphatic rings. The van der Waals surface area contributed by atoms with E-state index in [2.05, 4.69) is 39.9 Å². The average Bonchev–Trinajstić information content (AvgIpc) is 2.77. The van der Waals surface area contributed by atoms with Gasteiger partial charge in [0.2, 0.25) is 0 Å². The van der Waals surface area contributed by atoms with E-state index in [0.29, 0.717) is 0 Å². The van der Waals surface area contributed by atoms with Gasteiger partial charge >= 0.3 is 0 Å². The van der Waals surface area contributed by atoms with E-state index in [1.165, 1.54) is 22.9 Å². The minimum atomic E-state index is 0.943. The molecule has 0 fully saturated rings. The van der Waals surface area contributed by atoms with Gasteiger partial charge in [-0.15, -0.1) is 0 Å². The van der Waals surface area contributed by atoms with Crippen LogP contribution in [0.15, 0.2) is 30.5 Å². The van der Waals surface area contributed by atoms with Crippen LogP contribution < -0.4 is 10.6 Å². The second-order valence-electron chi connectivity index (χ2n) is 3.99. The highest BCUT2D eigenvalue weighted by molar-refractivity contribution is 5.82. The summed E-state index contributed by atoms with van der Waals surface area (Å²) in [4.78, 5) is 3.23. The summed E-state index contributed by atoms with van der Waals surface area (Å²) >= 11 is 0. The number of fused-ring (bicyclic) bond motifs is 1. The van der Waals surface area contributed by atoms with Gasteiger partial charge in [0, 0.05) is 23.6 Å². The van der Waals surface area contributed by atoms with Gasteiger partial charge in [-0.3, -0.25) is 0 Å². The van der Waals surface area contributed by atoms with Gasteiger partial charge in [-0.05, 0) is 44.3 Å². The van der Waals surface area contributed by atoms with E-state index >= 15 is 0 Å². The topological polar surface area (TPSA) is 39.8 Å². The molecule has 2 aromatic rings. The van der Waals surface area contributed by atoms with Crippen molar-refractivity contribution < 1.29 is 0 Å². The Bertz CT molecular complexity index is 433. The minimum Gasteiger partial charge on any atom is -0.361 e. The number of hydrogen-bond donors (Lipinski definition) is 3. The molecule has 0 bridgehead atoms. The van der Waals surface area contributed by atoms with Crippen molar-refractivity contribution in [3.8, 4) is 0 Å². The van der Waals surface area contributed by atoms with Gasteiger partial charge in [0.1, 0.15) is 0 Å². The first-order valence-corrected chi connectivity index (χ1v) is 5.82. The first-order chi connectivity index (χ1) is 7.92. The number of aromatic nitrogens is 1. The quantitative estimate of drug-likeness (QED) is 0.646. The van der Waals surface area contributed by atoms with Crippen molar-refractivity contribution in [2.75, 3.05) is 20.1 Å². The Labute approximate surface area is 96.2 Å². The van der Waals surface area contributed by atoms with E-state index in [1.54, 1.807) is 0 Å². The minimum absolute atomic E-state index is 0.943. The maximum atomic E-state index is 3.46. The lowest BCUT2D eigenvalue weighted by atomic mass is 10.1. The lowest BCUT2D eigenvalue weighted by molar-refractivity contribution is 0.627. The number of rotatable bonds is 6. The Morgan fingerprint density at radius 2 is 2.12 bits per heavy atom. The Morgan fingerprint density at radius 1 is 1.19 bits per heavy atom. The Balaban J connectivity index is 1.91. The maximum Gasteiger partial charge on any atom is 0.0457 e. The summed E-state index contributed by atoms with van der Waals surface area (Å²) < 4.78 is 0. The summed E-state index contributed by atoms with van der Waals surface area (Å²) in [7, 11) is 1.99. The SMILES string of the molecule is CNCCCNCc1cccc2[nH]ccc12. The molecule has 1 aromatic heterocycles. The summed E-state index contributed by atoms with van der Waals surface area (Å²) in [5.74, 6) is 0. The largest absolute Gasteiger partial charge is 0.361 e. The zero-order chi connectivity index (χ0) is 11.2. The molecule has 1 aromatic carbocycles. The first-order valence-electron chi connectivity index (χ1n) is 5.82. The highest BCUT2D eigenvalue weighted by Gasteiger charge is 2.00. The summed E-state index contributed by atoms with van der Waals surface area (Å²) in [6, 6.07) is 8.53. The van der Waals surface area contributed by atoms with E-state index in [0.717, 1.165) is 19.6 Å². The molecule has 16 heavy (non-hydrogen) atoms. The number of benzene rings is 1. The highest BCUT2D eigenvalue weighted by atomic mass is 14.9. The molecule has 2 rings (SSSR count). The molecule has 0 amide bonds. The predicted octanol–water partition coefficient (Wildman–Crippen LogP) is 1.87. The molecule has 0 saturated heterocycles. The molecule has 86 valence electrons. The standard InChI is InChI=1S/C13H19N3/c1-14-7-3-8-15-10-11-4-2-5-13-12(11)6-9-16-13/h2,4-6,9,14-16H,3,7-8,10H2,1H3. The number of H-pyrrole nitrogens is 1. The van der Waals surface area contributed by atoms with Gasteiger partial charge in [-0.2, -0.15) is 0 Å². The van der Waals surface area contributed by atoms with E-state index in [-0.39, 0.29) is 0 Å². The molecule has 0 aliphatic carbocycles. The third-order valence-corrected chi connectivity index (χ3v) is 2.78. The van der Waals surface area contributed by atoms with Crippen molar-refractivity contribution in [2.45, 2.75) is 13.0 Å². The maximum absolute atomic E-state index is 3.46. The Morgan fingerprint density at radius 3 is 3.00 bits per heavy atom. The summed E-state index contributed by atoms with van der Waals surface area (Å²) in [6.07, 6.45) is 3.16. The Hall–Kier alpha value is -1.32. The van der Waals surface area contributed by atoms with Gasteiger partial charge < -0.3 is 15.6 Å². The molecular weight excluding hydrogens is 198 g/mol. The van der Waals surface area contributed by atoms with E-state index in [4.69, 9.17) is 0 Å². The second-order valence-corrected chi connectivity index (χ2v) is 3.99. The zero-order valence-corrected chi connectivity index (χ0v) is 9.72. The van der Waals surface area contributed by atoms with Crippen LogP contribution in [-0.4, -0.2) is 25.1 Å². The normalized spacial score (nSPS) is 11.1. The molecule has 0 aliphatic heterocycles. The van der Waals surface area contributed by atoms with Crippen molar-refractivity contribution in [3.05, 3.63) is 36.0 Å². The van der Waals surface area contributed by atoms with Crippen molar-refractivity contribution in [1.29, 1.82) is 0 Å². The van der Waals surface area contributed by atoms with E-state index in [9.17, 15) is 0 Å². The van der Waals surface area contributed by atoms with Crippen LogP contribution in [0.25, 0.3) is 10.9 Å². The zero-order valence-electron chi connectivity index (χ0n) is 9.72. The van der Waals surface area contributed by atoms with Crippen LogP contribution in [0.5, 0.6) is 0 Å². The van der Waals surface area contributed by atoms with Gasteiger partial charge in [-0.25, -0.2) is 0 Å². The number of hydrogen-bond acceptors (Lipinski definition) is 2. The molecule has 3 heteroatoms. The van der Waals surface area contributed by atoms with E-state index < -0.39 is 0 Å². The smallest absolute Gasteiger partial charge is 0.0457 e. The number of aromatic amines is 1. The number of nitrogens with one attached hydrogen (secondary N) is 3. The van der Waals surface area contributed by atoms with Gasteiger partial charge in [0.25, 0.3) is 0 Å². The molecule has 0 radical (unpaired) electrons. The van der Waals surface area contributed by atoms with Crippen LogP contribution in [0.4, 0.5) is 0 Å². The van der Waals surface area contributed by atoms with Crippen LogP contribution in [0.1, 0.15) is 12.0 Å². The molecule has 0 unspecified atom stereocenters. The fraction of sp³-hybridized carbons (Fsp3) is 0.385. The molecule has 3 N–H and O–H groups in total. The lowest BCUT2D eigenvalue weighted by Gasteiger charge is -2.06. The third-order valence-electron chi connectivity index (χ3n) is 2.78. The van der Waals surface area contributed by atoms with Crippen LogP contribution >= 0.6 is 0 Å².